The topological polar surface area (TPSA) is 115 Å². The van der Waals surface area contributed by atoms with Gasteiger partial charge in [-0.1, -0.05) is 35.4 Å². The van der Waals surface area contributed by atoms with Crippen molar-refractivity contribution in [3.63, 3.8) is 0 Å². The van der Waals surface area contributed by atoms with Crippen molar-refractivity contribution in [2.75, 3.05) is 3.71 Å². The standard InChI is InChI=1S/C20H18N2O6S2/c1-15-3-11-19(12-4-15)29(25,26)22(18-9-7-17(8-10-18)21(23)24)30(27,28)20-13-5-16(2)6-14-20/h3-14H,1-2H3. The number of anilines is 1. The molecular formula is C20H18N2O6S2. The molecule has 8 nitrogen and oxygen atoms in total. The van der Waals surface area contributed by atoms with Crippen LogP contribution >= 0.6 is 0 Å². The summed E-state index contributed by atoms with van der Waals surface area (Å²) in [5.74, 6) is 0. The van der Waals surface area contributed by atoms with Crippen LogP contribution in [0.1, 0.15) is 11.1 Å². The highest BCUT2D eigenvalue weighted by Gasteiger charge is 2.37. The zero-order valence-electron chi connectivity index (χ0n) is 16.1. The van der Waals surface area contributed by atoms with Gasteiger partial charge < -0.3 is 0 Å². The van der Waals surface area contributed by atoms with Gasteiger partial charge in [0.15, 0.2) is 0 Å². The van der Waals surface area contributed by atoms with E-state index in [0.29, 0.717) is 3.71 Å². The largest absolute Gasteiger partial charge is 0.277 e. The van der Waals surface area contributed by atoms with Gasteiger partial charge >= 0.3 is 0 Å². The van der Waals surface area contributed by atoms with Crippen LogP contribution < -0.4 is 3.71 Å². The van der Waals surface area contributed by atoms with E-state index in [1.165, 1.54) is 24.3 Å². The van der Waals surface area contributed by atoms with E-state index in [9.17, 15) is 26.9 Å². The molecule has 0 bridgehead atoms. The molecule has 0 N–H and O–H groups in total. The van der Waals surface area contributed by atoms with Crippen LogP contribution in [0.15, 0.2) is 82.6 Å². The molecule has 3 aromatic rings. The Morgan fingerprint density at radius 2 is 1.03 bits per heavy atom. The van der Waals surface area contributed by atoms with Gasteiger partial charge in [-0.3, -0.25) is 10.1 Å². The molecule has 3 aromatic carbocycles. The van der Waals surface area contributed by atoms with E-state index in [1.54, 1.807) is 38.1 Å². The summed E-state index contributed by atoms with van der Waals surface area (Å²) >= 11 is 0. The van der Waals surface area contributed by atoms with Gasteiger partial charge in [-0.05, 0) is 50.2 Å². The first-order valence-electron chi connectivity index (χ1n) is 8.72. The van der Waals surface area contributed by atoms with Gasteiger partial charge in [-0.15, -0.1) is 0 Å². The summed E-state index contributed by atoms with van der Waals surface area (Å²) in [5, 5.41) is 10.9. The van der Waals surface area contributed by atoms with E-state index in [-0.39, 0.29) is 21.2 Å². The van der Waals surface area contributed by atoms with Gasteiger partial charge in [0.1, 0.15) is 0 Å². The zero-order chi connectivity index (χ0) is 22.1. The first-order valence-corrected chi connectivity index (χ1v) is 11.6. The third-order valence-electron chi connectivity index (χ3n) is 4.35. The molecule has 0 radical (unpaired) electrons. The number of nitro benzene ring substituents is 1. The Hall–Kier alpha value is -3.24. The zero-order valence-corrected chi connectivity index (χ0v) is 17.7. The van der Waals surface area contributed by atoms with Crippen molar-refractivity contribution in [3.05, 3.63) is 94.0 Å². The molecule has 0 unspecified atom stereocenters. The van der Waals surface area contributed by atoms with Gasteiger partial charge in [0.25, 0.3) is 25.7 Å². The van der Waals surface area contributed by atoms with Crippen molar-refractivity contribution in [1.29, 1.82) is 0 Å². The molecule has 0 spiro atoms. The maximum absolute atomic E-state index is 13.4. The number of benzene rings is 3. The summed E-state index contributed by atoms with van der Waals surface area (Å²) in [6.45, 7) is 3.54. The van der Waals surface area contributed by atoms with E-state index in [2.05, 4.69) is 0 Å². The van der Waals surface area contributed by atoms with Crippen LogP contribution in [0.5, 0.6) is 0 Å². The van der Waals surface area contributed by atoms with Gasteiger partial charge in [0, 0.05) is 12.1 Å². The quantitative estimate of drug-likeness (QED) is 0.420. The lowest BCUT2D eigenvalue weighted by Crippen LogP contribution is -2.37. The molecule has 0 heterocycles. The van der Waals surface area contributed by atoms with Crippen molar-refractivity contribution in [2.24, 2.45) is 0 Å². The van der Waals surface area contributed by atoms with E-state index >= 15 is 0 Å². The van der Waals surface area contributed by atoms with Crippen molar-refractivity contribution in [3.8, 4) is 0 Å². The SMILES string of the molecule is Cc1ccc(S(=O)(=O)N(c2ccc([N+](=O)[O-])cc2)S(=O)(=O)c2ccc(C)cc2)cc1. The highest BCUT2D eigenvalue weighted by Crippen LogP contribution is 2.32. The Bertz CT molecular complexity index is 1210. The van der Waals surface area contributed by atoms with E-state index < -0.39 is 25.0 Å². The number of nitro groups is 1. The summed E-state index contributed by atoms with van der Waals surface area (Å²) in [5.41, 5.74) is 1.08. The number of sulfonamides is 2. The van der Waals surface area contributed by atoms with Gasteiger partial charge in [-0.25, -0.2) is 16.8 Å². The third-order valence-corrected chi connectivity index (χ3v) is 8.55. The van der Waals surface area contributed by atoms with Gasteiger partial charge in [-0.2, -0.15) is 3.71 Å². The normalized spacial score (nSPS) is 11.8. The fourth-order valence-corrected chi connectivity index (χ4v) is 6.41. The van der Waals surface area contributed by atoms with E-state index in [4.69, 9.17) is 0 Å². The fraction of sp³-hybridized carbons (Fsp3) is 0.100. The van der Waals surface area contributed by atoms with Crippen molar-refractivity contribution in [1.82, 2.24) is 0 Å². The predicted octanol–water partition coefficient (Wildman–Crippen LogP) is 3.80. The van der Waals surface area contributed by atoms with Crippen molar-refractivity contribution in [2.45, 2.75) is 23.6 Å². The summed E-state index contributed by atoms with van der Waals surface area (Å²) in [6, 6.07) is 15.8. The van der Waals surface area contributed by atoms with E-state index in [1.807, 2.05) is 0 Å². The molecule has 3 rings (SSSR count). The molecule has 0 fully saturated rings. The lowest BCUT2D eigenvalue weighted by molar-refractivity contribution is -0.384. The van der Waals surface area contributed by atoms with Gasteiger partial charge in [0.2, 0.25) is 0 Å². The minimum Gasteiger partial charge on any atom is -0.258 e. The number of hydrogen-bond donors (Lipinski definition) is 0. The maximum Gasteiger partial charge on any atom is 0.277 e. The molecule has 0 aliphatic heterocycles. The Morgan fingerprint density at radius 1 is 0.667 bits per heavy atom. The van der Waals surface area contributed by atoms with Crippen molar-refractivity contribution >= 4 is 31.4 Å². The first-order chi connectivity index (χ1) is 14.0. The number of non-ortho nitro benzene ring substituents is 1. The predicted molar refractivity (Wildman–Crippen MR) is 112 cm³/mol. The lowest BCUT2D eigenvalue weighted by atomic mass is 10.2. The van der Waals surface area contributed by atoms with Crippen LogP contribution in [0.2, 0.25) is 0 Å². The van der Waals surface area contributed by atoms with Crippen molar-refractivity contribution < 1.29 is 21.8 Å². The Morgan fingerprint density at radius 3 is 1.37 bits per heavy atom. The van der Waals surface area contributed by atoms with Crippen LogP contribution in [-0.2, 0) is 20.0 Å². The van der Waals surface area contributed by atoms with Crippen LogP contribution in [-0.4, -0.2) is 21.8 Å². The van der Waals surface area contributed by atoms with Crippen LogP contribution in [0.4, 0.5) is 11.4 Å². The highest BCUT2D eigenvalue weighted by molar-refractivity contribution is 8.10. The number of aryl methyl sites for hydroxylation is 2. The van der Waals surface area contributed by atoms with Crippen LogP contribution in [0.3, 0.4) is 0 Å². The van der Waals surface area contributed by atoms with E-state index in [0.717, 1.165) is 35.4 Å². The molecule has 0 saturated carbocycles. The molecule has 0 amide bonds. The average molecular weight is 447 g/mol. The molecule has 0 aromatic heterocycles. The molecule has 0 aliphatic rings. The minimum atomic E-state index is -4.54. The summed E-state index contributed by atoms with van der Waals surface area (Å²) in [7, 11) is -9.09. The molecule has 0 saturated heterocycles. The molecule has 0 atom stereocenters. The highest BCUT2D eigenvalue weighted by atomic mass is 32.3. The fourth-order valence-electron chi connectivity index (χ4n) is 2.71. The summed E-state index contributed by atoms with van der Waals surface area (Å²) in [4.78, 5) is 9.84. The number of rotatable bonds is 6. The van der Waals surface area contributed by atoms with Crippen LogP contribution in [0, 0.1) is 24.0 Å². The molecular weight excluding hydrogens is 428 g/mol. The summed E-state index contributed by atoms with van der Waals surface area (Å²) < 4.78 is 53.8. The van der Waals surface area contributed by atoms with Crippen LogP contribution in [0.25, 0.3) is 0 Å². The number of nitrogens with zero attached hydrogens (tertiary/aromatic N) is 2. The monoisotopic (exact) mass is 446 g/mol. The average Bonchev–Trinajstić information content (AvgIpc) is 2.68. The number of hydrogen-bond acceptors (Lipinski definition) is 6. The molecule has 10 heteroatoms. The second-order valence-corrected chi connectivity index (χ2v) is 10.4. The minimum absolute atomic E-state index is 0.220. The Kier molecular flexibility index (Phi) is 5.64. The summed E-state index contributed by atoms with van der Waals surface area (Å²) in [6.07, 6.45) is 0. The Balaban J connectivity index is 2.24. The molecule has 156 valence electrons. The Labute approximate surface area is 174 Å². The molecule has 30 heavy (non-hydrogen) atoms. The first kappa shape index (κ1) is 21.5. The molecule has 0 aliphatic carbocycles. The lowest BCUT2D eigenvalue weighted by Gasteiger charge is -2.24. The van der Waals surface area contributed by atoms with Gasteiger partial charge in [0.05, 0.1) is 20.4 Å². The smallest absolute Gasteiger partial charge is 0.258 e. The third kappa shape index (κ3) is 4.05. The second-order valence-electron chi connectivity index (χ2n) is 6.61. The second kappa shape index (κ2) is 7.88. The maximum atomic E-state index is 13.4.